The number of nitrogens with two attached hydrogens (primary N) is 2. The van der Waals surface area contributed by atoms with Crippen molar-refractivity contribution < 1.29 is 18.0 Å². The van der Waals surface area contributed by atoms with E-state index in [9.17, 15) is 18.0 Å². The lowest BCUT2D eigenvalue weighted by molar-refractivity contribution is -0.122. The number of nitrogens with zero attached hydrogens (tertiary/aromatic N) is 1. The summed E-state index contributed by atoms with van der Waals surface area (Å²) in [4.78, 5) is 22.7. The molecule has 1 aliphatic heterocycles. The molecule has 0 spiro atoms. The molecule has 8 heteroatoms. The highest BCUT2D eigenvalue weighted by Crippen LogP contribution is 2.25. The molecule has 0 unspecified atom stereocenters. The topological polar surface area (TPSA) is 124 Å². The number of carbonyl (C=O) groups is 2. The molecule has 0 bridgehead atoms. The number of rotatable bonds is 4. The molecule has 1 heterocycles. The molecule has 1 aliphatic rings. The van der Waals surface area contributed by atoms with Gasteiger partial charge >= 0.3 is 0 Å². The highest BCUT2D eigenvalue weighted by molar-refractivity contribution is 7.89. The van der Waals surface area contributed by atoms with Crippen LogP contribution in [0.25, 0.3) is 0 Å². The van der Waals surface area contributed by atoms with Crippen molar-refractivity contribution in [2.45, 2.75) is 24.7 Å². The summed E-state index contributed by atoms with van der Waals surface area (Å²) in [5.74, 6) is -1.66. The monoisotopic (exact) mass is 325 g/mol. The smallest absolute Gasteiger partial charge is 0.249 e. The average molecular weight is 325 g/mol. The van der Waals surface area contributed by atoms with Gasteiger partial charge in [0.25, 0.3) is 0 Å². The molecule has 1 atom stereocenters. The maximum Gasteiger partial charge on any atom is 0.249 e. The summed E-state index contributed by atoms with van der Waals surface area (Å²) in [5, 5.41) is 0. The Labute approximate surface area is 129 Å². The Kier molecular flexibility index (Phi) is 4.52. The summed E-state index contributed by atoms with van der Waals surface area (Å²) < 4.78 is 26.6. The summed E-state index contributed by atoms with van der Waals surface area (Å²) in [6, 6.07) is 4.26. The molecular weight excluding hydrogens is 306 g/mol. The summed E-state index contributed by atoms with van der Waals surface area (Å²) >= 11 is 0. The first-order valence-corrected chi connectivity index (χ1v) is 8.37. The van der Waals surface area contributed by atoms with Crippen LogP contribution in [-0.4, -0.2) is 37.6 Å². The van der Waals surface area contributed by atoms with Crippen molar-refractivity contribution in [3.05, 3.63) is 29.3 Å². The van der Waals surface area contributed by atoms with E-state index >= 15 is 0 Å². The summed E-state index contributed by atoms with van der Waals surface area (Å²) in [6.07, 6.45) is 1.16. The fourth-order valence-electron chi connectivity index (χ4n) is 2.57. The number of benzene rings is 1. The molecule has 1 fully saturated rings. The second kappa shape index (κ2) is 6.05. The molecule has 1 aromatic carbocycles. The normalized spacial score (nSPS) is 19.8. The molecule has 1 saturated heterocycles. The van der Waals surface area contributed by atoms with Gasteiger partial charge in [-0.2, -0.15) is 4.31 Å². The van der Waals surface area contributed by atoms with Crippen molar-refractivity contribution in [1.29, 1.82) is 0 Å². The summed E-state index contributed by atoms with van der Waals surface area (Å²) in [7, 11) is -3.78. The van der Waals surface area contributed by atoms with Crippen molar-refractivity contribution in [2.24, 2.45) is 17.4 Å². The lowest BCUT2D eigenvalue weighted by atomic mass is 9.99. The number of sulfonamides is 1. The third-order valence-electron chi connectivity index (χ3n) is 3.90. The maximum atomic E-state index is 12.7. The highest BCUT2D eigenvalue weighted by atomic mass is 32.2. The third-order valence-corrected chi connectivity index (χ3v) is 5.76. The van der Waals surface area contributed by atoms with E-state index in [4.69, 9.17) is 11.5 Å². The van der Waals surface area contributed by atoms with E-state index in [1.54, 1.807) is 13.0 Å². The van der Waals surface area contributed by atoms with E-state index in [1.165, 1.54) is 16.4 Å². The fourth-order valence-corrected chi connectivity index (χ4v) is 4.12. The first-order valence-electron chi connectivity index (χ1n) is 6.93. The van der Waals surface area contributed by atoms with Gasteiger partial charge in [0.1, 0.15) is 0 Å². The number of primary amides is 2. The van der Waals surface area contributed by atoms with E-state index in [-0.39, 0.29) is 17.0 Å². The number of hydrogen-bond acceptors (Lipinski definition) is 4. The molecule has 7 nitrogen and oxygen atoms in total. The predicted molar refractivity (Wildman–Crippen MR) is 80.4 cm³/mol. The minimum atomic E-state index is -3.78. The second-order valence-corrected chi connectivity index (χ2v) is 7.38. The van der Waals surface area contributed by atoms with Gasteiger partial charge in [-0.25, -0.2) is 8.42 Å². The van der Waals surface area contributed by atoms with Gasteiger partial charge in [0.05, 0.1) is 10.8 Å². The molecule has 4 N–H and O–H groups in total. The van der Waals surface area contributed by atoms with Crippen LogP contribution in [0.3, 0.4) is 0 Å². The van der Waals surface area contributed by atoms with Crippen molar-refractivity contribution >= 4 is 21.8 Å². The van der Waals surface area contributed by atoms with Crippen LogP contribution in [0.2, 0.25) is 0 Å². The minimum Gasteiger partial charge on any atom is -0.369 e. The van der Waals surface area contributed by atoms with Gasteiger partial charge in [-0.05, 0) is 37.5 Å². The van der Waals surface area contributed by atoms with Crippen molar-refractivity contribution in [3.63, 3.8) is 0 Å². The Morgan fingerprint density at radius 1 is 1.27 bits per heavy atom. The second-order valence-electron chi connectivity index (χ2n) is 5.45. The van der Waals surface area contributed by atoms with Crippen LogP contribution in [0.4, 0.5) is 0 Å². The molecule has 1 aromatic rings. The summed E-state index contributed by atoms with van der Waals surface area (Å²) in [6.45, 7) is 2.07. The summed E-state index contributed by atoms with van der Waals surface area (Å²) in [5.41, 5.74) is 11.3. The Balaban J connectivity index is 2.36. The zero-order valence-corrected chi connectivity index (χ0v) is 13.1. The van der Waals surface area contributed by atoms with E-state index in [1.807, 2.05) is 0 Å². The number of carbonyl (C=O) groups excluding carboxylic acids is 2. The number of piperidine rings is 1. The van der Waals surface area contributed by atoms with Crippen molar-refractivity contribution in [2.75, 3.05) is 13.1 Å². The number of aryl methyl sites for hydroxylation is 1. The highest BCUT2D eigenvalue weighted by Gasteiger charge is 2.32. The maximum absolute atomic E-state index is 12.7. The molecule has 120 valence electrons. The van der Waals surface area contributed by atoms with Gasteiger partial charge in [0.15, 0.2) is 0 Å². The van der Waals surface area contributed by atoms with Crippen LogP contribution in [0, 0.1) is 12.8 Å². The standard InChI is InChI=1S/C14H19N3O4S/c1-9-4-5-11(7-12(9)14(16)19)22(20,21)17-6-2-3-10(8-17)13(15)18/h4-5,7,10H,2-3,6,8H2,1H3,(H2,15,18)(H2,16,19)/t10-/m0/s1. The zero-order chi connectivity index (χ0) is 16.5. The Bertz CT molecular complexity index is 715. The Morgan fingerprint density at radius 2 is 1.95 bits per heavy atom. The lowest BCUT2D eigenvalue weighted by Crippen LogP contribution is -2.44. The van der Waals surface area contributed by atoms with Crippen LogP contribution in [0.15, 0.2) is 23.1 Å². The lowest BCUT2D eigenvalue weighted by Gasteiger charge is -2.30. The fraction of sp³-hybridized carbons (Fsp3) is 0.429. The molecule has 0 aliphatic carbocycles. The van der Waals surface area contributed by atoms with E-state index in [2.05, 4.69) is 0 Å². The van der Waals surface area contributed by atoms with Crippen LogP contribution in [0.1, 0.15) is 28.8 Å². The quantitative estimate of drug-likeness (QED) is 0.807. The largest absolute Gasteiger partial charge is 0.369 e. The molecule has 0 saturated carbocycles. The van der Waals surface area contributed by atoms with Crippen LogP contribution < -0.4 is 11.5 Å². The van der Waals surface area contributed by atoms with Crippen molar-refractivity contribution in [3.8, 4) is 0 Å². The zero-order valence-electron chi connectivity index (χ0n) is 12.3. The SMILES string of the molecule is Cc1ccc(S(=O)(=O)N2CCC[C@H](C(N)=O)C2)cc1C(N)=O. The van der Waals surface area contributed by atoms with E-state index in [0.29, 0.717) is 24.9 Å². The third kappa shape index (κ3) is 3.12. The molecule has 2 amide bonds. The predicted octanol–water partition coefficient (Wildman–Crippen LogP) is -0.0201. The van der Waals surface area contributed by atoms with Crippen molar-refractivity contribution in [1.82, 2.24) is 4.31 Å². The first-order chi connectivity index (χ1) is 10.2. The molecule has 22 heavy (non-hydrogen) atoms. The molecule has 0 radical (unpaired) electrons. The van der Waals surface area contributed by atoms with Crippen LogP contribution in [-0.2, 0) is 14.8 Å². The Hall–Kier alpha value is -1.93. The minimum absolute atomic E-state index is 0.00276. The van der Waals surface area contributed by atoms with Gasteiger partial charge in [-0.1, -0.05) is 6.07 Å². The first kappa shape index (κ1) is 16.4. The molecule has 2 rings (SSSR count). The Morgan fingerprint density at radius 3 is 2.55 bits per heavy atom. The van der Waals surface area contributed by atoms with Crippen LogP contribution in [0.5, 0.6) is 0 Å². The van der Waals surface area contributed by atoms with Gasteiger partial charge in [-0.3, -0.25) is 9.59 Å². The van der Waals surface area contributed by atoms with Gasteiger partial charge in [0.2, 0.25) is 21.8 Å². The van der Waals surface area contributed by atoms with Gasteiger partial charge < -0.3 is 11.5 Å². The number of amides is 2. The molecular formula is C14H19N3O4S. The van der Waals surface area contributed by atoms with Gasteiger partial charge in [0, 0.05) is 18.7 Å². The van der Waals surface area contributed by atoms with E-state index in [0.717, 1.165) is 0 Å². The molecule has 0 aromatic heterocycles. The number of hydrogen-bond donors (Lipinski definition) is 2. The van der Waals surface area contributed by atoms with Gasteiger partial charge in [-0.15, -0.1) is 0 Å². The average Bonchev–Trinajstić information content (AvgIpc) is 2.47. The van der Waals surface area contributed by atoms with Crippen LogP contribution >= 0.6 is 0 Å². The van der Waals surface area contributed by atoms with E-state index < -0.39 is 27.8 Å².